The summed E-state index contributed by atoms with van der Waals surface area (Å²) >= 11 is 1.52. The van der Waals surface area contributed by atoms with Gasteiger partial charge in [0.15, 0.2) is 5.78 Å². The van der Waals surface area contributed by atoms with Gasteiger partial charge in [0.1, 0.15) is 5.92 Å². The molecule has 2 atom stereocenters. The lowest BCUT2D eigenvalue weighted by atomic mass is 9.74. The first-order valence-corrected chi connectivity index (χ1v) is 8.73. The normalized spacial score (nSPS) is 24.6. The number of carbonyl (C=O) groups excluding carboxylic acids is 1. The molecule has 1 heterocycles. The van der Waals surface area contributed by atoms with Crippen LogP contribution in [0.15, 0.2) is 40.5 Å². The molecule has 1 aliphatic carbocycles. The molecule has 1 unspecified atom stereocenters. The van der Waals surface area contributed by atoms with Crippen LogP contribution in [0.3, 0.4) is 0 Å². The van der Waals surface area contributed by atoms with Gasteiger partial charge in [0.05, 0.1) is 11.1 Å². The maximum absolute atomic E-state index is 12.5. The summed E-state index contributed by atoms with van der Waals surface area (Å²) < 4.78 is 0. The van der Waals surface area contributed by atoms with Crippen molar-refractivity contribution >= 4 is 22.6 Å². The van der Waals surface area contributed by atoms with Crippen LogP contribution in [-0.2, 0) is 4.79 Å². The average molecular weight is 310 g/mol. The predicted octanol–water partition coefficient (Wildman–Crippen LogP) is 4.00. The minimum atomic E-state index is -0.362. The van der Waals surface area contributed by atoms with Gasteiger partial charge in [-0.3, -0.25) is 4.79 Å². The highest BCUT2D eigenvalue weighted by Gasteiger charge is 2.39. The fourth-order valence-corrected chi connectivity index (χ4v) is 3.91. The molecule has 1 aliphatic heterocycles. The summed E-state index contributed by atoms with van der Waals surface area (Å²) in [6.07, 6.45) is 4.22. The van der Waals surface area contributed by atoms with Crippen molar-refractivity contribution in [1.29, 1.82) is 5.26 Å². The molecule has 112 valence electrons. The van der Waals surface area contributed by atoms with Crippen molar-refractivity contribution in [3.05, 3.63) is 46.7 Å². The van der Waals surface area contributed by atoms with Crippen LogP contribution in [-0.4, -0.2) is 17.1 Å². The molecular formula is C18H18N2OS. The zero-order chi connectivity index (χ0) is 15.7. The van der Waals surface area contributed by atoms with Crippen LogP contribution < -0.4 is 0 Å². The van der Waals surface area contributed by atoms with Crippen molar-refractivity contribution in [2.75, 3.05) is 6.26 Å². The van der Waals surface area contributed by atoms with E-state index < -0.39 is 0 Å². The summed E-state index contributed by atoms with van der Waals surface area (Å²) in [6, 6.07) is 10.6. The SMILES string of the molecule is CSC1=NC2=C(C(=O)CCC2)[C@@H](c2ccc(C)cc2)C1C#N. The van der Waals surface area contributed by atoms with Gasteiger partial charge in [-0.15, -0.1) is 11.8 Å². The van der Waals surface area contributed by atoms with E-state index in [9.17, 15) is 10.1 Å². The van der Waals surface area contributed by atoms with Gasteiger partial charge in [-0.1, -0.05) is 29.8 Å². The standard InChI is InChI=1S/C18H18N2OS/c1-11-6-8-12(9-7-11)16-13(10-19)18(22-2)20-14-4-3-5-15(21)17(14)16/h6-9,13,16H,3-5H2,1-2H3/t13?,16-/m0/s1. The van der Waals surface area contributed by atoms with Crippen LogP contribution in [0.2, 0.25) is 0 Å². The highest BCUT2D eigenvalue weighted by molar-refractivity contribution is 8.13. The number of hydrogen-bond acceptors (Lipinski definition) is 4. The van der Waals surface area contributed by atoms with E-state index in [-0.39, 0.29) is 17.6 Å². The highest BCUT2D eigenvalue weighted by Crippen LogP contribution is 2.44. The fourth-order valence-electron chi connectivity index (χ4n) is 3.26. The lowest BCUT2D eigenvalue weighted by Crippen LogP contribution is -2.30. The number of allylic oxidation sites excluding steroid dienone is 2. The molecule has 0 saturated heterocycles. The van der Waals surface area contributed by atoms with Crippen molar-refractivity contribution in [3.8, 4) is 6.07 Å². The van der Waals surface area contributed by atoms with E-state index >= 15 is 0 Å². The minimum Gasteiger partial charge on any atom is -0.294 e. The molecule has 0 saturated carbocycles. The van der Waals surface area contributed by atoms with Gasteiger partial charge in [0.25, 0.3) is 0 Å². The Labute approximate surface area is 135 Å². The maximum Gasteiger partial charge on any atom is 0.161 e. The Kier molecular flexibility index (Phi) is 4.17. The van der Waals surface area contributed by atoms with Crippen molar-refractivity contribution < 1.29 is 4.79 Å². The summed E-state index contributed by atoms with van der Waals surface area (Å²) in [7, 11) is 0. The molecule has 2 aliphatic rings. The molecule has 0 amide bonds. The molecule has 22 heavy (non-hydrogen) atoms. The number of nitriles is 1. The van der Waals surface area contributed by atoms with Gasteiger partial charge in [-0.2, -0.15) is 5.26 Å². The summed E-state index contributed by atoms with van der Waals surface area (Å²) in [5.41, 5.74) is 3.90. The van der Waals surface area contributed by atoms with E-state index in [4.69, 9.17) is 0 Å². The van der Waals surface area contributed by atoms with Crippen LogP contribution in [0.5, 0.6) is 0 Å². The third-order valence-electron chi connectivity index (χ3n) is 4.37. The second-order valence-electron chi connectivity index (χ2n) is 5.79. The topological polar surface area (TPSA) is 53.2 Å². The Morgan fingerprint density at radius 1 is 1.27 bits per heavy atom. The Balaban J connectivity index is 2.17. The largest absolute Gasteiger partial charge is 0.294 e. The van der Waals surface area contributed by atoms with Gasteiger partial charge >= 0.3 is 0 Å². The van der Waals surface area contributed by atoms with E-state index in [0.717, 1.165) is 34.7 Å². The Morgan fingerprint density at radius 2 is 2.00 bits per heavy atom. The fraction of sp³-hybridized carbons (Fsp3) is 0.389. The number of benzene rings is 1. The Morgan fingerprint density at radius 3 is 2.64 bits per heavy atom. The molecule has 0 aromatic heterocycles. The number of thioether (sulfide) groups is 1. The van der Waals surface area contributed by atoms with Crippen LogP contribution in [0.4, 0.5) is 0 Å². The number of nitrogens with zero attached hydrogens (tertiary/aromatic N) is 2. The molecule has 0 fully saturated rings. The van der Waals surface area contributed by atoms with Gasteiger partial charge in [-0.25, -0.2) is 4.99 Å². The first-order chi connectivity index (χ1) is 10.7. The van der Waals surface area contributed by atoms with Gasteiger partial charge in [-0.05, 0) is 31.6 Å². The Bertz CT molecular complexity index is 710. The smallest absolute Gasteiger partial charge is 0.161 e. The number of ketones is 1. The minimum absolute atomic E-state index is 0.163. The molecule has 4 heteroatoms. The molecule has 0 spiro atoms. The number of hydrogen-bond donors (Lipinski definition) is 0. The molecule has 0 radical (unpaired) electrons. The van der Waals surface area contributed by atoms with Crippen LogP contribution >= 0.6 is 11.8 Å². The quantitative estimate of drug-likeness (QED) is 0.787. The van der Waals surface area contributed by atoms with Crippen LogP contribution in [0.1, 0.15) is 36.3 Å². The van der Waals surface area contributed by atoms with E-state index in [1.54, 1.807) is 0 Å². The summed E-state index contributed by atoms with van der Waals surface area (Å²) in [6.45, 7) is 2.04. The second-order valence-corrected chi connectivity index (χ2v) is 6.61. The molecule has 1 aromatic rings. The van der Waals surface area contributed by atoms with Gasteiger partial charge in [0, 0.05) is 23.6 Å². The monoisotopic (exact) mass is 310 g/mol. The van der Waals surface area contributed by atoms with Crippen LogP contribution in [0, 0.1) is 24.2 Å². The van der Waals surface area contributed by atoms with Crippen molar-refractivity contribution in [2.45, 2.75) is 32.1 Å². The first-order valence-electron chi connectivity index (χ1n) is 7.50. The first kappa shape index (κ1) is 15.1. The van der Waals surface area contributed by atoms with E-state index in [1.165, 1.54) is 17.3 Å². The molecule has 0 N–H and O–H groups in total. The summed E-state index contributed by atoms with van der Waals surface area (Å²) in [4.78, 5) is 17.1. The summed E-state index contributed by atoms with van der Waals surface area (Å²) in [5.74, 6) is -0.372. The summed E-state index contributed by atoms with van der Waals surface area (Å²) in [5, 5.41) is 10.5. The lowest BCUT2D eigenvalue weighted by Gasteiger charge is -2.32. The van der Waals surface area contributed by atoms with Crippen molar-refractivity contribution in [1.82, 2.24) is 0 Å². The van der Waals surface area contributed by atoms with Gasteiger partial charge in [0.2, 0.25) is 0 Å². The zero-order valence-corrected chi connectivity index (χ0v) is 13.6. The molecular weight excluding hydrogens is 292 g/mol. The zero-order valence-electron chi connectivity index (χ0n) is 12.8. The Hall–Kier alpha value is -1.86. The third kappa shape index (κ3) is 2.50. The number of aliphatic imine (C=N–C) groups is 1. The number of carbonyl (C=O) groups is 1. The van der Waals surface area contributed by atoms with E-state index in [2.05, 4.69) is 11.1 Å². The molecule has 3 nitrogen and oxygen atoms in total. The average Bonchev–Trinajstić information content (AvgIpc) is 2.54. The molecule has 0 bridgehead atoms. The number of aryl methyl sites for hydroxylation is 1. The maximum atomic E-state index is 12.5. The van der Waals surface area contributed by atoms with E-state index in [1.807, 2.05) is 37.4 Å². The number of rotatable bonds is 1. The highest BCUT2D eigenvalue weighted by atomic mass is 32.2. The molecule has 3 rings (SSSR count). The van der Waals surface area contributed by atoms with Crippen molar-refractivity contribution in [2.24, 2.45) is 10.9 Å². The second kappa shape index (κ2) is 6.10. The third-order valence-corrected chi connectivity index (χ3v) is 5.13. The van der Waals surface area contributed by atoms with Crippen LogP contribution in [0.25, 0.3) is 0 Å². The van der Waals surface area contributed by atoms with Gasteiger partial charge < -0.3 is 0 Å². The predicted molar refractivity (Wildman–Crippen MR) is 89.9 cm³/mol. The lowest BCUT2D eigenvalue weighted by molar-refractivity contribution is -0.116. The van der Waals surface area contributed by atoms with Crippen molar-refractivity contribution in [3.63, 3.8) is 0 Å². The van der Waals surface area contributed by atoms with E-state index in [0.29, 0.717) is 6.42 Å². The molecule has 1 aromatic carbocycles. The number of Topliss-reactive ketones (excluding diaryl/α,β-unsaturated/α-hetero) is 1.